The summed E-state index contributed by atoms with van der Waals surface area (Å²) in [6.07, 6.45) is 5.78. The van der Waals surface area contributed by atoms with E-state index in [-0.39, 0.29) is 5.41 Å². The van der Waals surface area contributed by atoms with Crippen LogP contribution in [-0.4, -0.2) is 30.3 Å². The second-order valence-electron chi connectivity index (χ2n) is 5.00. The molecule has 0 unspecified atom stereocenters. The molecule has 0 spiro atoms. The minimum absolute atomic E-state index is 0.273. The normalized spacial score (nSPS) is 25.7. The van der Waals surface area contributed by atoms with Gasteiger partial charge in [0.05, 0.1) is 6.07 Å². The standard InChI is InChI=1S/C12H18N2O/c13-7-6-12(4-1-5-12)10-14-8-2-11(15)3-9-14/h1-6,8-10H2. The molecule has 1 aliphatic carbocycles. The Bertz CT molecular complexity index is 278. The Hall–Kier alpha value is -0.880. The van der Waals surface area contributed by atoms with Gasteiger partial charge in [0.15, 0.2) is 0 Å². The van der Waals surface area contributed by atoms with Gasteiger partial charge < -0.3 is 4.90 Å². The van der Waals surface area contributed by atoms with Crippen molar-refractivity contribution in [2.45, 2.75) is 38.5 Å². The van der Waals surface area contributed by atoms with Crippen molar-refractivity contribution in [3.63, 3.8) is 0 Å². The van der Waals surface area contributed by atoms with Crippen LogP contribution in [0.3, 0.4) is 0 Å². The fourth-order valence-corrected chi connectivity index (χ4v) is 2.67. The summed E-state index contributed by atoms with van der Waals surface area (Å²) in [6, 6.07) is 2.32. The number of hydrogen-bond acceptors (Lipinski definition) is 3. The predicted octanol–water partition coefficient (Wildman–Crippen LogP) is 1.74. The monoisotopic (exact) mass is 206 g/mol. The van der Waals surface area contributed by atoms with E-state index in [1.807, 2.05) is 0 Å². The van der Waals surface area contributed by atoms with E-state index in [0.717, 1.165) is 19.6 Å². The average molecular weight is 206 g/mol. The summed E-state index contributed by atoms with van der Waals surface area (Å²) in [5.41, 5.74) is 0.273. The van der Waals surface area contributed by atoms with Gasteiger partial charge in [-0.1, -0.05) is 6.42 Å². The summed E-state index contributed by atoms with van der Waals surface area (Å²) in [4.78, 5) is 13.5. The lowest BCUT2D eigenvalue weighted by atomic mass is 9.66. The second kappa shape index (κ2) is 4.32. The minimum atomic E-state index is 0.273. The van der Waals surface area contributed by atoms with Crippen molar-refractivity contribution in [3.05, 3.63) is 0 Å². The van der Waals surface area contributed by atoms with E-state index in [4.69, 9.17) is 5.26 Å². The van der Waals surface area contributed by atoms with Crippen molar-refractivity contribution in [1.82, 2.24) is 4.90 Å². The molecule has 1 saturated carbocycles. The number of Topliss-reactive ketones (excluding diaryl/α,β-unsaturated/α-hetero) is 1. The fourth-order valence-electron chi connectivity index (χ4n) is 2.67. The molecule has 2 fully saturated rings. The van der Waals surface area contributed by atoms with Crippen LogP contribution in [0.2, 0.25) is 0 Å². The van der Waals surface area contributed by atoms with E-state index >= 15 is 0 Å². The van der Waals surface area contributed by atoms with Crippen molar-refractivity contribution >= 4 is 5.78 Å². The SMILES string of the molecule is N#CCC1(CN2CCC(=O)CC2)CCC1. The number of rotatable bonds is 3. The molecule has 0 bridgehead atoms. The van der Waals surface area contributed by atoms with Gasteiger partial charge in [-0.15, -0.1) is 0 Å². The minimum Gasteiger partial charge on any atom is -0.302 e. The Balaban J connectivity index is 1.85. The number of piperidine rings is 1. The van der Waals surface area contributed by atoms with Crippen molar-refractivity contribution < 1.29 is 4.79 Å². The third-order valence-electron chi connectivity index (χ3n) is 3.84. The van der Waals surface area contributed by atoms with Crippen LogP contribution in [0, 0.1) is 16.7 Å². The van der Waals surface area contributed by atoms with E-state index in [1.54, 1.807) is 0 Å². The van der Waals surface area contributed by atoms with E-state index in [9.17, 15) is 4.79 Å². The summed E-state index contributed by atoms with van der Waals surface area (Å²) in [7, 11) is 0. The van der Waals surface area contributed by atoms with Crippen LogP contribution in [0.1, 0.15) is 38.5 Å². The molecule has 1 aliphatic heterocycles. The van der Waals surface area contributed by atoms with Crippen molar-refractivity contribution in [2.24, 2.45) is 5.41 Å². The molecule has 3 nitrogen and oxygen atoms in total. The summed E-state index contributed by atoms with van der Waals surface area (Å²) >= 11 is 0. The zero-order chi connectivity index (χ0) is 10.7. The smallest absolute Gasteiger partial charge is 0.135 e. The fraction of sp³-hybridized carbons (Fsp3) is 0.833. The predicted molar refractivity (Wildman–Crippen MR) is 57.2 cm³/mol. The third-order valence-corrected chi connectivity index (χ3v) is 3.84. The van der Waals surface area contributed by atoms with E-state index in [1.165, 1.54) is 19.3 Å². The largest absolute Gasteiger partial charge is 0.302 e. The Labute approximate surface area is 91.1 Å². The number of nitriles is 1. The van der Waals surface area contributed by atoms with Gasteiger partial charge in [-0.3, -0.25) is 4.79 Å². The molecule has 1 heterocycles. The first-order valence-electron chi connectivity index (χ1n) is 5.85. The van der Waals surface area contributed by atoms with Gasteiger partial charge in [0.1, 0.15) is 5.78 Å². The Morgan fingerprint density at radius 2 is 2.00 bits per heavy atom. The molecule has 82 valence electrons. The summed E-state index contributed by atoms with van der Waals surface area (Å²) in [5, 5.41) is 8.82. The molecule has 2 aliphatic rings. The van der Waals surface area contributed by atoms with Gasteiger partial charge in [-0.05, 0) is 18.3 Å². The molecule has 0 atom stereocenters. The van der Waals surface area contributed by atoms with E-state index in [0.29, 0.717) is 25.0 Å². The summed E-state index contributed by atoms with van der Waals surface area (Å²) in [5.74, 6) is 0.397. The lowest BCUT2D eigenvalue weighted by Gasteiger charge is -2.44. The topological polar surface area (TPSA) is 44.1 Å². The first kappa shape index (κ1) is 10.6. The zero-order valence-corrected chi connectivity index (χ0v) is 9.17. The quantitative estimate of drug-likeness (QED) is 0.706. The zero-order valence-electron chi connectivity index (χ0n) is 9.17. The molecular weight excluding hydrogens is 188 g/mol. The van der Waals surface area contributed by atoms with Crippen molar-refractivity contribution in [1.29, 1.82) is 5.26 Å². The van der Waals surface area contributed by atoms with Gasteiger partial charge in [0, 0.05) is 38.9 Å². The maximum absolute atomic E-state index is 11.1. The molecule has 0 aromatic rings. The molecule has 0 radical (unpaired) electrons. The number of hydrogen-bond donors (Lipinski definition) is 0. The Morgan fingerprint density at radius 1 is 1.33 bits per heavy atom. The van der Waals surface area contributed by atoms with Crippen molar-refractivity contribution in [3.8, 4) is 6.07 Å². The summed E-state index contributed by atoms with van der Waals surface area (Å²) < 4.78 is 0. The highest BCUT2D eigenvalue weighted by Gasteiger charge is 2.38. The highest BCUT2D eigenvalue weighted by Crippen LogP contribution is 2.44. The van der Waals surface area contributed by atoms with Crippen LogP contribution in [0.25, 0.3) is 0 Å². The van der Waals surface area contributed by atoms with Crippen LogP contribution >= 0.6 is 0 Å². The van der Waals surface area contributed by atoms with Crippen molar-refractivity contribution in [2.75, 3.05) is 19.6 Å². The van der Waals surface area contributed by atoms with Gasteiger partial charge in [0.25, 0.3) is 0 Å². The second-order valence-corrected chi connectivity index (χ2v) is 5.00. The first-order valence-corrected chi connectivity index (χ1v) is 5.85. The van der Waals surface area contributed by atoms with E-state index in [2.05, 4.69) is 11.0 Å². The van der Waals surface area contributed by atoms with Gasteiger partial charge >= 0.3 is 0 Å². The number of carbonyl (C=O) groups is 1. The Kier molecular flexibility index (Phi) is 3.06. The van der Waals surface area contributed by atoms with Crippen LogP contribution in [0.5, 0.6) is 0 Å². The lowest BCUT2D eigenvalue weighted by molar-refractivity contribution is -0.122. The molecule has 3 heteroatoms. The molecule has 2 rings (SSSR count). The molecule has 0 aromatic carbocycles. The molecule has 0 aromatic heterocycles. The van der Waals surface area contributed by atoms with Crippen LogP contribution < -0.4 is 0 Å². The highest BCUT2D eigenvalue weighted by atomic mass is 16.1. The van der Waals surface area contributed by atoms with Crippen LogP contribution in [-0.2, 0) is 4.79 Å². The van der Waals surface area contributed by atoms with Crippen LogP contribution in [0.4, 0.5) is 0 Å². The highest BCUT2D eigenvalue weighted by molar-refractivity contribution is 5.79. The average Bonchev–Trinajstić information content (AvgIpc) is 2.18. The third kappa shape index (κ3) is 2.38. The maximum atomic E-state index is 11.1. The number of carbonyl (C=O) groups excluding carboxylic acids is 1. The van der Waals surface area contributed by atoms with Gasteiger partial charge in [-0.2, -0.15) is 5.26 Å². The molecule has 15 heavy (non-hydrogen) atoms. The summed E-state index contributed by atoms with van der Waals surface area (Å²) in [6.45, 7) is 2.85. The maximum Gasteiger partial charge on any atom is 0.135 e. The molecule has 0 amide bonds. The van der Waals surface area contributed by atoms with Gasteiger partial charge in [0.2, 0.25) is 0 Å². The van der Waals surface area contributed by atoms with E-state index < -0.39 is 0 Å². The number of nitrogens with zero attached hydrogens (tertiary/aromatic N) is 2. The molecule has 1 saturated heterocycles. The molecule has 0 N–H and O–H groups in total. The first-order chi connectivity index (χ1) is 7.24. The number of ketones is 1. The van der Waals surface area contributed by atoms with Crippen LogP contribution in [0.15, 0.2) is 0 Å². The Morgan fingerprint density at radius 3 is 2.47 bits per heavy atom. The van der Waals surface area contributed by atoms with Gasteiger partial charge in [-0.25, -0.2) is 0 Å². The molecular formula is C12H18N2O. The number of likely N-dealkylation sites (tertiary alicyclic amines) is 1. The lowest BCUT2D eigenvalue weighted by Crippen LogP contribution is -2.45.